The van der Waals surface area contributed by atoms with Gasteiger partial charge in [0.1, 0.15) is 16.1 Å². The van der Waals surface area contributed by atoms with Crippen LogP contribution < -0.4 is 0 Å². The molecule has 0 aliphatic carbocycles. The van der Waals surface area contributed by atoms with Crippen LogP contribution in [0.2, 0.25) is 0 Å². The molecule has 1 atom stereocenters. The molecule has 3 nitrogen and oxygen atoms in total. The molecule has 1 unspecified atom stereocenters. The van der Waals surface area contributed by atoms with Gasteiger partial charge in [-0.2, -0.15) is 4.36 Å². The molecule has 0 N–H and O–H groups in total. The number of rotatable bonds is 2. The number of nitrogens with zero attached hydrogens (tertiary/aromatic N) is 2. The molecule has 3 rings (SSSR count). The zero-order valence-electron chi connectivity index (χ0n) is 10.1. The van der Waals surface area contributed by atoms with E-state index in [1.165, 1.54) is 6.34 Å². The van der Waals surface area contributed by atoms with E-state index in [9.17, 15) is 4.21 Å². The first-order valence-electron chi connectivity index (χ1n) is 5.89. The maximum absolute atomic E-state index is 12.9. The zero-order valence-corrected chi connectivity index (χ0v) is 11.0. The Morgan fingerprint density at radius 2 is 1.47 bits per heavy atom. The second kappa shape index (κ2) is 4.82. The Labute approximate surface area is 112 Å². The fourth-order valence-electron chi connectivity index (χ4n) is 1.86. The van der Waals surface area contributed by atoms with E-state index in [4.69, 9.17) is 0 Å². The van der Waals surface area contributed by atoms with Crippen LogP contribution >= 0.6 is 0 Å². The maximum Gasteiger partial charge on any atom is 0.126 e. The highest BCUT2D eigenvalue weighted by Crippen LogP contribution is 2.24. The van der Waals surface area contributed by atoms with Crippen LogP contribution in [-0.2, 0) is 9.73 Å². The molecule has 1 heterocycles. The highest BCUT2D eigenvalue weighted by atomic mass is 32.2. The van der Waals surface area contributed by atoms with Crippen LogP contribution in [0.15, 0.2) is 80.3 Å². The summed E-state index contributed by atoms with van der Waals surface area (Å²) >= 11 is 0. The Morgan fingerprint density at radius 3 is 2.16 bits per heavy atom. The predicted octanol–water partition coefficient (Wildman–Crippen LogP) is 3.55. The van der Waals surface area contributed by atoms with Gasteiger partial charge in [0.15, 0.2) is 0 Å². The topological polar surface area (TPSA) is 41.8 Å². The summed E-state index contributed by atoms with van der Waals surface area (Å²) in [5.74, 6) is 0. The quantitative estimate of drug-likeness (QED) is 0.821. The van der Waals surface area contributed by atoms with Gasteiger partial charge in [-0.1, -0.05) is 48.5 Å². The largest absolute Gasteiger partial charge is 0.240 e. The third-order valence-corrected chi connectivity index (χ3v) is 4.72. The highest BCUT2D eigenvalue weighted by Gasteiger charge is 2.14. The van der Waals surface area contributed by atoms with Crippen LogP contribution in [0.25, 0.3) is 5.70 Å². The second-order valence-electron chi connectivity index (χ2n) is 4.10. The lowest BCUT2D eigenvalue weighted by atomic mass is 10.2. The smallest absolute Gasteiger partial charge is 0.126 e. The van der Waals surface area contributed by atoms with Gasteiger partial charge >= 0.3 is 0 Å². The van der Waals surface area contributed by atoms with Crippen LogP contribution in [0.5, 0.6) is 0 Å². The minimum atomic E-state index is -2.55. The van der Waals surface area contributed by atoms with Crippen molar-refractivity contribution in [3.8, 4) is 0 Å². The van der Waals surface area contributed by atoms with Crippen LogP contribution in [0.1, 0.15) is 5.56 Å². The molecular formula is C15H12N2OS. The molecule has 94 valence electrons. The van der Waals surface area contributed by atoms with E-state index in [-0.39, 0.29) is 0 Å². The van der Waals surface area contributed by atoms with E-state index < -0.39 is 9.73 Å². The molecule has 0 fully saturated rings. The number of benzene rings is 2. The summed E-state index contributed by atoms with van der Waals surface area (Å²) in [5.41, 5.74) is 1.64. The molecule has 19 heavy (non-hydrogen) atoms. The Hall–Kier alpha value is -2.20. The van der Waals surface area contributed by atoms with Gasteiger partial charge < -0.3 is 0 Å². The first-order valence-corrected chi connectivity index (χ1v) is 7.47. The summed E-state index contributed by atoms with van der Waals surface area (Å²) in [5, 5.41) is 1.65. The Bertz CT molecular complexity index is 755. The summed E-state index contributed by atoms with van der Waals surface area (Å²) in [7, 11) is -2.55. The summed E-state index contributed by atoms with van der Waals surface area (Å²) in [6, 6.07) is 19.0. The van der Waals surface area contributed by atoms with Crippen molar-refractivity contribution in [2.24, 2.45) is 9.36 Å². The summed E-state index contributed by atoms with van der Waals surface area (Å²) < 4.78 is 16.9. The third-order valence-electron chi connectivity index (χ3n) is 2.82. The molecule has 4 heteroatoms. The molecule has 0 radical (unpaired) electrons. The average Bonchev–Trinajstić information content (AvgIpc) is 2.49. The fourth-order valence-corrected chi connectivity index (χ4v) is 3.42. The van der Waals surface area contributed by atoms with Crippen molar-refractivity contribution < 1.29 is 4.21 Å². The van der Waals surface area contributed by atoms with Crippen LogP contribution in [-0.4, -0.2) is 10.5 Å². The van der Waals surface area contributed by atoms with Gasteiger partial charge in [0.25, 0.3) is 0 Å². The van der Waals surface area contributed by atoms with Gasteiger partial charge in [-0.3, -0.25) is 0 Å². The first kappa shape index (κ1) is 11.9. The van der Waals surface area contributed by atoms with Crippen molar-refractivity contribution in [2.75, 3.05) is 0 Å². The monoisotopic (exact) mass is 268 g/mol. The van der Waals surface area contributed by atoms with E-state index in [2.05, 4.69) is 9.36 Å². The Balaban J connectivity index is 2.12. The Kier molecular flexibility index (Phi) is 3.01. The van der Waals surface area contributed by atoms with Crippen molar-refractivity contribution in [3.05, 3.63) is 71.6 Å². The van der Waals surface area contributed by atoms with E-state index in [0.717, 1.165) is 5.56 Å². The third kappa shape index (κ3) is 2.35. The minimum Gasteiger partial charge on any atom is -0.240 e. The minimum absolute atomic E-state index is 0.699. The molecule has 0 bridgehead atoms. The van der Waals surface area contributed by atoms with Crippen molar-refractivity contribution in [1.82, 2.24) is 0 Å². The molecule has 0 amide bonds. The molecule has 2 aromatic carbocycles. The SMILES string of the molecule is O=S1(c2ccccc2)=NC=NC(c2ccccc2)=C1. The van der Waals surface area contributed by atoms with E-state index in [0.29, 0.717) is 10.6 Å². The lowest BCUT2D eigenvalue weighted by Crippen LogP contribution is -2.01. The van der Waals surface area contributed by atoms with Gasteiger partial charge in [0.05, 0.1) is 10.6 Å². The maximum atomic E-state index is 12.9. The van der Waals surface area contributed by atoms with Crippen LogP contribution in [0, 0.1) is 0 Å². The normalized spacial score (nSPS) is 21.6. The second-order valence-corrected chi connectivity index (χ2v) is 6.16. The van der Waals surface area contributed by atoms with Crippen molar-refractivity contribution in [2.45, 2.75) is 4.90 Å². The van der Waals surface area contributed by atoms with Gasteiger partial charge in [0, 0.05) is 11.0 Å². The van der Waals surface area contributed by atoms with Gasteiger partial charge in [0.2, 0.25) is 0 Å². The van der Waals surface area contributed by atoms with Crippen LogP contribution in [0.3, 0.4) is 0 Å². The van der Waals surface area contributed by atoms with Crippen molar-refractivity contribution >= 4 is 21.8 Å². The number of aliphatic imine (C=N–C) groups is 1. The van der Waals surface area contributed by atoms with Gasteiger partial charge in [-0.05, 0) is 12.1 Å². The number of hydrogen-bond donors (Lipinski definition) is 0. The molecule has 0 saturated carbocycles. The van der Waals surface area contributed by atoms with E-state index in [1.54, 1.807) is 5.41 Å². The predicted molar refractivity (Wildman–Crippen MR) is 78.2 cm³/mol. The molecule has 0 spiro atoms. The standard InChI is InChI=1S/C15H12N2OS/c18-19(14-9-5-2-6-10-14)11-15(16-12-17-19)13-7-3-1-4-8-13/h1-12H. The van der Waals surface area contributed by atoms with Crippen molar-refractivity contribution in [1.29, 1.82) is 0 Å². The lowest BCUT2D eigenvalue weighted by Gasteiger charge is -2.10. The van der Waals surface area contributed by atoms with Crippen LogP contribution in [0.4, 0.5) is 0 Å². The highest BCUT2D eigenvalue weighted by molar-refractivity contribution is 7.97. The first-order chi connectivity index (χ1) is 9.28. The molecule has 2 aromatic rings. The fraction of sp³-hybridized carbons (Fsp3) is 0. The summed E-state index contributed by atoms with van der Waals surface area (Å²) in [6.07, 6.45) is 1.39. The average molecular weight is 268 g/mol. The summed E-state index contributed by atoms with van der Waals surface area (Å²) in [6.45, 7) is 0. The van der Waals surface area contributed by atoms with Crippen molar-refractivity contribution in [3.63, 3.8) is 0 Å². The molecule has 1 aliphatic rings. The molecule has 1 aliphatic heterocycles. The molecular weight excluding hydrogens is 256 g/mol. The summed E-state index contributed by atoms with van der Waals surface area (Å²) in [4.78, 5) is 4.91. The van der Waals surface area contributed by atoms with Gasteiger partial charge in [-0.15, -0.1) is 0 Å². The Morgan fingerprint density at radius 1 is 0.842 bits per heavy atom. The van der Waals surface area contributed by atoms with Gasteiger partial charge in [-0.25, -0.2) is 9.20 Å². The molecule has 0 saturated heterocycles. The zero-order chi connectivity index (χ0) is 13.1. The lowest BCUT2D eigenvalue weighted by molar-refractivity contribution is 0.683. The number of hydrogen-bond acceptors (Lipinski definition) is 3. The van der Waals surface area contributed by atoms with E-state index >= 15 is 0 Å². The molecule has 0 aromatic heterocycles. The van der Waals surface area contributed by atoms with E-state index in [1.807, 2.05) is 60.7 Å².